The van der Waals surface area contributed by atoms with E-state index in [0.29, 0.717) is 26.4 Å². The molecule has 28 heavy (non-hydrogen) atoms. The van der Waals surface area contributed by atoms with E-state index in [0.717, 1.165) is 24.2 Å². The lowest BCUT2D eigenvalue weighted by Gasteiger charge is -2.04. The Morgan fingerprint density at radius 1 is 1.14 bits per heavy atom. The highest BCUT2D eigenvalue weighted by molar-refractivity contribution is 7.07. The van der Waals surface area contributed by atoms with Crippen molar-refractivity contribution in [3.8, 4) is 5.75 Å². The summed E-state index contributed by atoms with van der Waals surface area (Å²) in [6.45, 7) is 2.82. The number of halogens is 1. The van der Waals surface area contributed by atoms with Crippen molar-refractivity contribution in [2.24, 2.45) is 0 Å². The molecule has 1 N–H and O–H groups in total. The summed E-state index contributed by atoms with van der Waals surface area (Å²) in [4.78, 5) is 27.2. The number of rotatable bonds is 7. The van der Waals surface area contributed by atoms with Gasteiger partial charge in [-0.05, 0) is 54.5 Å². The van der Waals surface area contributed by atoms with Crippen molar-refractivity contribution in [1.29, 1.82) is 0 Å². The molecule has 0 aliphatic heterocycles. The predicted molar refractivity (Wildman–Crippen MR) is 115 cm³/mol. The van der Waals surface area contributed by atoms with Crippen LogP contribution in [0.4, 0.5) is 0 Å². The molecule has 0 radical (unpaired) electrons. The SMILES string of the molecule is CCCCOc1ccc(/C=c2/s/c(=C\C(=O)c3ccc(Cl)cc3)[nH]c2=O)cc1. The third-order valence-corrected chi connectivity index (χ3v) is 5.23. The second-order valence-electron chi connectivity index (χ2n) is 6.22. The molecule has 0 atom stereocenters. The van der Waals surface area contributed by atoms with Crippen molar-refractivity contribution in [3.05, 3.63) is 84.2 Å². The summed E-state index contributed by atoms with van der Waals surface area (Å²) >= 11 is 7.08. The summed E-state index contributed by atoms with van der Waals surface area (Å²) in [5, 5.41) is 0.569. The summed E-state index contributed by atoms with van der Waals surface area (Å²) in [7, 11) is 0. The number of hydrogen-bond donors (Lipinski definition) is 1. The summed E-state index contributed by atoms with van der Waals surface area (Å²) in [6.07, 6.45) is 5.33. The van der Waals surface area contributed by atoms with Crippen LogP contribution >= 0.6 is 22.9 Å². The van der Waals surface area contributed by atoms with Crippen LogP contribution < -0.4 is 19.5 Å². The molecule has 0 amide bonds. The maximum Gasteiger partial charge on any atom is 0.266 e. The van der Waals surface area contributed by atoms with Crippen molar-refractivity contribution in [3.63, 3.8) is 0 Å². The maximum absolute atomic E-state index is 12.3. The highest BCUT2D eigenvalue weighted by atomic mass is 35.5. The van der Waals surface area contributed by atoms with Gasteiger partial charge in [-0.2, -0.15) is 0 Å². The lowest BCUT2D eigenvalue weighted by molar-refractivity contribution is 0.106. The normalized spacial score (nSPS) is 12.4. The summed E-state index contributed by atoms with van der Waals surface area (Å²) in [5.74, 6) is 0.627. The first-order valence-corrected chi connectivity index (χ1v) is 10.2. The molecule has 4 nitrogen and oxygen atoms in total. The van der Waals surface area contributed by atoms with E-state index in [2.05, 4.69) is 11.9 Å². The van der Waals surface area contributed by atoms with Crippen LogP contribution in [0.5, 0.6) is 5.75 Å². The van der Waals surface area contributed by atoms with Crippen LogP contribution in [-0.4, -0.2) is 17.4 Å². The van der Waals surface area contributed by atoms with Crippen LogP contribution in [0.2, 0.25) is 5.02 Å². The molecule has 0 aliphatic rings. The van der Waals surface area contributed by atoms with Crippen LogP contribution in [-0.2, 0) is 0 Å². The van der Waals surface area contributed by atoms with Crippen molar-refractivity contribution in [2.75, 3.05) is 6.61 Å². The number of H-pyrrole nitrogens is 1. The minimum Gasteiger partial charge on any atom is -0.494 e. The average molecular weight is 414 g/mol. The highest BCUT2D eigenvalue weighted by Gasteiger charge is 2.03. The van der Waals surface area contributed by atoms with Gasteiger partial charge in [0.25, 0.3) is 5.56 Å². The molecule has 3 rings (SSSR count). The van der Waals surface area contributed by atoms with Crippen molar-refractivity contribution in [2.45, 2.75) is 19.8 Å². The summed E-state index contributed by atoms with van der Waals surface area (Å²) < 4.78 is 6.69. The van der Waals surface area contributed by atoms with Gasteiger partial charge in [0.1, 0.15) is 5.75 Å². The second-order valence-corrected chi connectivity index (χ2v) is 7.74. The minimum atomic E-state index is -0.219. The molecule has 0 unspecified atom stereocenters. The Morgan fingerprint density at radius 2 is 1.86 bits per heavy atom. The lowest BCUT2D eigenvalue weighted by atomic mass is 10.1. The van der Waals surface area contributed by atoms with E-state index in [-0.39, 0.29) is 11.3 Å². The minimum absolute atomic E-state index is 0.186. The van der Waals surface area contributed by atoms with E-state index in [1.807, 2.05) is 24.3 Å². The van der Waals surface area contributed by atoms with Gasteiger partial charge in [0, 0.05) is 16.7 Å². The molecule has 0 spiro atoms. The summed E-state index contributed by atoms with van der Waals surface area (Å²) in [5.41, 5.74) is 1.19. The third-order valence-electron chi connectivity index (χ3n) is 4.02. The summed E-state index contributed by atoms with van der Waals surface area (Å²) in [6, 6.07) is 14.2. The van der Waals surface area contributed by atoms with Crippen LogP contribution in [0, 0.1) is 0 Å². The van der Waals surface area contributed by atoms with Gasteiger partial charge in [0.05, 0.1) is 15.8 Å². The number of ether oxygens (including phenoxy) is 1. The van der Waals surface area contributed by atoms with Gasteiger partial charge in [-0.15, -0.1) is 11.3 Å². The van der Waals surface area contributed by atoms with E-state index in [1.54, 1.807) is 30.3 Å². The molecule has 0 fully saturated rings. The quantitative estimate of drug-likeness (QED) is 0.474. The van der Waals surface area contributed by atoms with Gasteiger partial charge < -0.3 is 9.72 Å². The Labute approximate surface area is 171 Å². The van der Waals surface area contributed by atoms with Crippen LogP contribution in [0.3, 0.4) is 0 Å². The molecule has 0 saturated carbocycles. The fourth-order valence-electron chi connectivity index (χ4n) is 2.49. The van der Waals surface area contributed by atoms with Gasteiger partial charge in [0.15, 0.2) is 5.78 Å². The maximum atomic E-state index is 12.3. The number of thiazole rings is 1. The number of aromatic nitrogens is 1. The Hall–Kier alpha value is -2.63. The molecular formula is C22H20ClNO3S. The molecule has 0 aliphatic carbocycles. The topological polar surface area (TPSA) is 59.2 Å². The number of benzene rings is 2. The van der Waals surface area contributed by atoms with E-state index in [1.165, 1.54) is 17.4 Å². The van der Waals surface area contributed by atoms with Gasteiger partial charge in [-0.25, -0.2) is 0 Å². The Morgan fingerprint density at radius 3 is 2.54 bits per heavy atom. The van der Waals surface area contributed by atoms with Crippen LogP contribution in [0.1, 0.15) is 35.7 Å². The number of hydrogen-bond acceptors (Lipinski definition) is 4. The molecule has 0 bridgehead atoms. The molecule has 2 aromatic carbocycles. The van der Waals surface area contributed by atoms with E-state index in [4.69, 9.17) is 16.3 Å². The Kier molecular flexibility index (Phi) is 6.85. The first kappa shape index (κ1) is 20.1. The standard InChI is InChI=1S/C22H20ClNO3S/c1-2-3-12-27-18-10-4-15(5-11-18)13-20-22(26)24-21(28-20)14-19(25)16-6-8-17(23)9-7-16/h4-11,13-14H,2-3,12H2,1H3,(H,24,26)/b20-13+,21-14-. The number of unbranched alkanes of at least 4 members (excludes halogenated alkanes) is 1. The molecule has 6 heteroatoms. The van der Waals surface area contributed by atoms with Gasteiger partial charge in [-0.1, -0.05) is 37.1 Å². The molecule has 1 heterocycles. The van der Waals surface area contributed by atoms with Crippen molar-refractivity contribution >= 4 is 40.9 Å². The van der Waals surface area contributed by atoms with E-state index >= 15 is 0 Å². The average Bonchev–Trinajstić information content (AvgIpc) is 3.02. The molecular weight excluding hydrogens is 394 g/mol. The van der Waals surface area contributed by atoms with Crippen LogP contribution in [0.15, 0.2) is 53.3 Å². The molecule has 144 valence electrons. The van der Waals surface area contributed by atoms with Gasteiger partial charge >= 0.3 is 0 Å². The fourth-order valence-corrected chi connectivity index (χ4v) is 3.50. The molecule has 0 saturated heterocycles. The highest BCUT2D eigenvalue weighted by Crippen LogP contribution is 2.13. The Balaban J connectivity index is 1.80. The van der Waals surface area contributed by atoms with E-state index in [9.17, 15) is 9.59 Å². The molecule has 1 aromatic heterocycles. The zero-order valence-corrected chi connectivity index (χ0v) is 17.0. The smallest absolute Gasteiger partial charge is 0.266 e. The lowest BCUT2D eigenvalue weighted by Crippen LogP contribution is -2.20. The first-order chi connectivity index (χ1) is 13.5. The number of aromatic amines is 1. The number of ketones is 1. The monoisotopic (exact) mass is 413 g/mol. The number of nitrogens with one attached hydrogen (secondary N) is 1. The third kappa shape index (κ3) is 5.44. The number of carbonyl (C=O) groups excluding carboxylic acids is 1. The zero-order chi connectivity index (χ0) is 19.9. The largest absolute Gasteiger partial charge is 0.494 e. The number of carbonyl (C=O) groups is 1. The predicted octanol–water partition coefficient (Wildman–Crippen LogP) is 3.76. The van der Waals surface area contributed by atoms with Gasteiger partial charge in [-0.3, -0.25) is 9.59 Å². The second kappa shape index (κ2) is 9.53. The first-order valence-electron chi connectivity index (χ1n) is 9.00. The Bertz CT molecular complexity index is 1110. The van der Waals surface area contributed by atoms with Crippen molar-refractivity contribution in [1.82, 2.24) is 4.98 Å². The van der Waals surface area contributed by atoms with E-state index < -0.39 is 0 Å². The fraction of sp³-hybridized carbons (Fsp3) is 0.182. The van der Waals surface area contributed by atoms with Crippen molar-refractivity contribution < 1.29 is 9.53 Å². The van der Waals surface area contributed by atoms with Crippen LogP contribution in [0.25, 0.3) is 12.2 Å². The molecule has 3 aromatic rings. The number of Topliss-reactive ketones (excluding diaryl/α,β-unsaturated/α-hetero) is 1. The zero-order valence-electron chi connectivity index (χ0n) is 15.4. The van der Waals surface area contributed by atoms with Gasteiger partial charge in [0.2, 0.25) is 0 Å².